The van der Waals surface area contributed by atoms with Crippen molar-refractivity contribution in [1.29, 1.82) is 0 Å². The van der Waals surface area contributed by atoms with Gasteiger partial charge in [-0.3, -0.25) is 0 Å². The second-order valence-corrected chi connectivity index (χ2v) is 7.26. The Morgan fingerprint density at radius 3 is 2.65 bits per heavy atom. The van der Waals surface area contributed by atoms with Crippen LogP contribution in [0.5, 0.6) is 0 Å². The fraction of sp³-hybridized carbons (Fsp3) is 0.571. The summed E-state index contributed by atoms with van der Waals surface area (Å²) in [5, 5.41) is 3.08. The van der Waals surface area contributed by atoms with Gasteiger partial charge >= 0.3 is 0 Å². The van der Waals surface area contributed by atoms with Crippen LogP contribution in [0.4, 0.5) is 0 Å². The Balaban J connectivity index is 2.36. The number of nitrogens with zero attached hydrogens (tertiary/aromatic N) is 2. The maximum atomic E-state index is 12.6. The zero-order chi connectivity index (χ0) is 14.8. The molecular formula is C14H23N3O2S. The molecule has 1 aromatic heterocycles. The molecule has 0 spiro atoms. The minimum Gasteiger partial charge on any atom is -0.346 e. The van der Waals surface area contributed by atoms with E-state index in [2.05, 4.69) is 19.2 Å². The minimum absolute atomic E-state index is 0.239. The molecule has 2 heterocycles. The van der Waals surface area contributed by atoms with Gasteiger partial charge < -0.3 is 9.88 Å². The molecule has 6 heteroatoms. The molecule has 1 aliphatic heterocycles. The predicted molar refractivity (Wildman–Crippen MR) is 80.1 cm³/mol. The quantitative estimate of drug-likeness (QED) is 0.842. The second kappa shape index (κ2) is 6.11. The number of sulfonamides is 1. The molecular weight excluding hydrogens is 274 g/mol. The summed E-state index contributed by atoms with van der Waals surface area (Å²) in [7, 11) is -1.52. The summed E-state index contributed by atoms with van der Waals surface area (Å²) in [5.41, 5.74) is 0.994. The van der Waals surface area contributed by atoms with Crippen molar-refractivity contribution in [2.45, 2.75) is 37.8 Å². The van der Waals surface area contributed by atoms with E-state index in [-0.39, 0.29) is 6.04 Å². The highest BCUT2D eigenvalue weighted by atomic mass is 32.2. The molecule has 1 aliphatic rings. The lowest BCUT2D eigenvalue weighted by molar-refractivity contribution is 0.437. The van der Waals surface area contributed by atoms with Gasteiger partial charge in [-0.05, 0) is 33.4 Å². The van der Waals surface area contributed by atoms with Gasteiger partial charge in [0.05, 0.1) is 0 Å². The van der Waals surface area contributed by atoms with Gasteiger partial charge in [-0.2, -0.15) is 4.31 Å². The third kappa shape index (κ3) is 2.97. The summed E-state index contributed by atoms with van der Waals surface area (Å²) in [6, 6.07) is 2.02. The van der Waals surface area contributed by atoms with Crippen LogP contribution in [0.1, 0.15) is 32.0 Å². The Bertz CT molecular complexity index is 588. The van der Waals surface area contributed by atoms with Gasteiger partial charge in [0.25, 0.3) is 0 Å². The van der Waals surface area contributed by atoms with Crippen LogP contribution in [0.25, 0.3) is 0 Å². The van der Waals surface area contributed by atoms with Gasteiger partial charge in [0.1, 0.15) is 4.90 Å². The standard InChI is InChI=1S/C14H23N3O2S/c1-12(2)17-11-14(9-13(17)10-15-3)20(18,19)16-7-5-4-6-8-16/h4-5,9,11-12,15H,6-8,10H2,1-3H3. The third-order valence-corrected chi connectivity index (χ3v) is 5.31. The van der Waals surface area contributed by atoms with Crippen molar-refractivity contribution < 1.29 is 8.42 Å². The van der Waals surface area contributed by atoms with E-state index in [0.717, 1.165) is 12.1 Å². The van der Waals surface area contributed by atoms with Crippen molar-refractivity contribution in [2.75, 3.05) is 20.1 Å². The fourth-order valence-corrected chi connectivity index (χ4v) is 3.89. The lowest BCUT2D eigenvalue weighted by Gasteiger charge is -2.22. The third-order valence-electron chi connectivity index (χ3n) is 3.48. The summed E-state index contributed by atoms with van der Waals surface area (Å²) in [4.78, 5) is 0.395. The van der Waals surface area contributed by atoms with Crippen LogP contribution in [-0.2, 0) is 16.6 Å². The van der Waals surface area contributed by atoms with Crippen LogP contribution in [-0.4, -0.2) is 37.4 Å². The molecule has 0 aliphatic carbocycles. The van der Waals surface area contributed by atoms with E-state index in [4.69, 9.17) is 0 Å². The van der Waals surface area contributed by atoms with E-state index in [9.17, 15) is 8.42 Å². The first kappa shape index (κ1) is 15.3. The molecule has 0 saturated heterocycles. The Hall–Kier alpha value is -1.11. The van der Waals surface area contributed by atoms with E-state index in [0.29, 0.717) is 24.5 Å². The topological polar surface area (TPSA) is 54.3 Å². The van der Waals surface area contributed by atoms with Gasteiger partial charge in [-0.15, -0.1) is 0 Å². The van der Waals surface area contributed by atoms with Crippen LogP contribution in [0.3, 0.4) is 0 Å². The van der Waals surface area contributed by atoms with Crippen molar-refractivity contribution in [3.63, 3.8) is 0 Å². The predicted octanol–water partition coefficient (Wildman–Crippen LogP) is 1.74. The Kier molecular flexibility index (Phi) is 4.67. The molecule has 0 saturated carbocycles. The van der Waals surface area contributed by atoms with Crippen molar-refractivity contribution in [2.24, 2.45) is 0 Å². The summed E-state index contributed by atoms with van der Waals surface area (Å²) >= 11 is 0. The summed E-state index contributed by atoms with van der Waals surface area (Å²) in [6.45, 7) is 5.80. The molecule has 1 N–H and O–H groups in total. The van der Waals surface area contributed by atoms with E-state index >= 15 is 0 Å². The van der Waals surface area contributed by atoms with Crippen molar-refractivity contribution in [3.8, 4) is 0 Å². The lowest BCUT2D eigenvalue weighted by atomic mass is 10.3. The largest absolute Gasteiger partial charge is 0.346 e. The van der Waals surface area contributed by atoms with Gasteiger partial charge in [0.2, 0.25) is 10.0 Å². The number of aromatic nitrogens is 1. The Labute approximate surface area is 121 Å². The molecule has 112 valence electrons. The van der Waals surface area contributed by atoms with Crippen LogP contribution in [0.2, 0.25) is 0 Å². The number of rotatable bonds is 5. The van der Waals surface area contributed by atoms with Gasteiger partial charge in [0.15, 0.2) is 0 Å². The SMILES string of the molecule is CNCc1cc(S(=O)(=O)N2CC=CCC2)cn1C(C)C. The first-order chi connectivity index (χ1) is 9.46. The fourth-order valence-electron chi connectivity index (χ4n) is 2.43. The van der Waals surface area contributed by atoms with E-state index in [1.807, 2.05) is 23.8 Å². The lowest BCUT2D eigenvalue weighted by Crippen LogP contribution is -2.33. The molecule has 0 bridgehead atoms. The highest BCUT2D eigenvalue weighted by molar-refractivity contribution is 7.89. The molecule has 0 atom stereocenters. The maximum absolute atomic E-state index is 12.6. The smallest absolute Gasteiger partial charge is 0.244 e. The van der Waals surface area contributed by atoms with Gasteiger partial charge in [0, 0.05) is 37.6 Å². The van der Waals surface area contributed by atoms with Crippen molar-refractivity contribution >= 4 is 10.0 Å². The van der Waals surface area contributed by atoms with Gasteiger partial charge in [-0.25, -0.2) is 8.42 Å². The first-order valence-corrected chi connectivity index (χ1v) is 8.41. The molecule has 0 aromatic carbocycles. The second-order valence-electron chi connectivity index (χ2n) is 5.32. The monoisotopic (exact) mass is 297 g/mol. The Morgan fingerprint density at radius 1 is 1.35 bits per heavy atom. The maximum Gasteiger partial charge on any atom is 0.244 e. The molecule has 0 radical (unpaired) electrons. The molecule has 1 aromatic rings. The Morgan fingerprint density at radius 2 is 2.10 bits per heavy atom. The minimum atomic E-state index is -3.38. The normalized spacial score (nSPS) is 17.0. The zero-order valence-electron chi connectivity index (χ0n) is 12.3. The first-order valence-electron chi connectivity index (χ1n) is 6.97. The van der Waals surface area contributed by atoms with E-state index < -0.39 is 10.0 Å². The van der Waals surface area contributed by atoms with Crippen molar-refractivity contribution in [3.05, 3.63) is 30.1 Å². The molecule has 0 amide bonds. The average Bonchev–Trinajstić information content (AvgIpc) is 2.85. The number of hydrogen-bond acceptors (Lipinski definition) is 3. The van der Waals surface area contributed by atoms with Crippen LogP contribution >= 0.6 is 0 Å². The number of hydrogen-bond donors (Lipinski definition) is 1. The summed E-state index contributed by atoms with van der Waals surface area (Å²) in [5.74, 6) is 0. The molecule has 2 rings (SSSR count). The highest BCUT2D eigenvalue weighted by Gasteiger charge is 2.26. The van der Waals surface area contributed by atoms with Crippen LogP contribution < -0.4 is 5.32 Å². The van der Waals surface area contributed by atoms with Crippen molar-refractivity contribution in [1.82, 2.24) is 14.2 Å². The summed E-state index contributed by atoms with van der Waals surface area (Å²) < 4.78 is 28.8. The molecule has 0 unspecified atom stereocenters. The number of nitrogens with one attached hydrogen (secondary N) is 1. The van der Waals surface area contributed by atoms with E-state index in [1.165, 1.54) is 4.31 Å². The average molecular weight is 297 g/mol. The molecule has 5 nitrogen and oxygen atoms in total. The molecule has 0 fully saturated rings. The van der Waals surface area contributed by atoms with Crippen LogP contribution in [0.15, 0.2) is 29.3 Å². The van der Waals surface area contributed by atoms with E-state index in [1.54, 1.807) is 12.3 Å². The molecule has 20 heavy (non-hydrogen) atoms. The zero-order valence-corrected chi connectivity index (χ0v) is 13.2. The van der Waals surface area contributed by atoms with Crippen LogP contribution in [0, 0.1) is 0 Å². The highest BCUT2D eigenvalue weighted by Crippen LogP contribution is 2.23. The summed E-state index contributed by atoms with van der Waals surface area (Å²) in [6.07, 6.45) is 6.48. The van der Waals surface area contributed by atoms with Gasteiger partial charge in [-0.1, -0.05) is 12.2 Å².